The average Bonchev–Trinajstić information content (AvgIpc) is 3.00. The van der Waals surface area contributed by atoms with Crippen LogP contribution >= 0.6 is 0 Å². The van der Waals surface area contributed by atoms with Crippen LogP contribution < -0.4 is 9.64 Å². The number of aromatic hydroxyl groups is 1. The molecule has 30 heavy (non-hydrogen) atoms. The minimum atomic E-state index is -0.630. The molecule has 0 atom stereocenters. The maximum absolute atomic E-state index is 13.2. The highest BCUT2D eigenvalue weighted by Gasteiger charge is 2.42. The number of phenolic OH excluding ortho intramolecular Hbond substituents is 1. The fraction of sp³-hybridized carbons (Fsp3) is 0.174. The Kier molecular flexibility index (Phi) is 4.87. The van der Waals surface area contributed by atoms with Crippen LogP contribution in [-0.2, 0) is 16.0 Å². The first-order chi connectivity index (χ1) is 14.5. The van der Waals surface area contributed by atoms with Gasteiger partial charge in [-0.05, 0) is 24.6 Å². The van der Waals surface area contributed by atoms with Crippen LogP contribution in [0, 0.1) is 0 Å². The summed E-state index contributed by atoms with van der Waals surface area (Å²) in [6, 6.07) is 13.4. The molecular formula is C23H19NO6. The molecule has 3 aromatic rings. The molecule has 1 aliphatic heterocycles. The summed E-state index contributed by atoms with van der Waals surface area (Å²) < 4.78 is 10.4. The molecule has 7 nitrogen and oxygen atoms in total. The summed E-state index contributed by atoms with van der Waals surface area (Å²) in [6.07, 6.45) is 0.0935. The standard InChI is InChI=1S/C23H19NO6/c1-3-30-17(25)12-13-8-10-14(11-9-13)24-22(27)18-19(23(24)28)21(29-2)16-7-5-4-6-15(16)20(18)26/h4-11,26H,3,12H2,1-2H3. The van der Waals surface area contributed by atoms with Crippen molar-refractivity contribution in [2.24, 2.45) is 0 Å². The Morgan fingerprint density at radius 1 is 0.967 bits per heavy atom. The fourth-order valence-corrected chi connectivity index (χ4v) is 3.71. The fourth-order valence-electron chi connectivity index (χ4n) is 3.71. The van der Waals surface area contributed by atoms with Crippen molar-refractivity contribution in [1.82, 2.24) is 0 Å². The van der Waals surface area contributed by atoms with E-state index in [2.05, 4.69) is 0 Å². The van der Waals surface area contributed by atoms with Crippen molar-refractivity contribution < 1.29 is 29.0 Å². The molecule has 2 amide bonds. The van der Waals surface area contributed by atoms with Gasteiger partial charge in [-0.3, -0.25) is 14.4 Å². The zero-order valence-electron chi connectivity index (χ0n) is 16.5. The van der Waals surface area contributed by atoms with E-state index in [-0.39, 0.29) is 35.0 Å². The van der Waals surface area contributed by atoms with Crippen molar-refractivity contribution >= 4 is 34.2 Å². The Hall–Kier alpha value is -3.87. The van der Waals surface area contributed by atoms with Crippen molar-refractivity contribution in [3.05, 3.63) is 65.2 Å². The zero-order valence-corrected chi connectivity index (χ0v) is 16.5. The number of methoxy groups -OCH3 is 1. The summed E-state index contributed by atoms with van der Waals surface area (Å²) in [5.74, 6) is -1.56. The summed E-state index contributed by atoms with van der Waals surface area (Å²) in [5.41, 5.74) is 0.986. The largest absolute Gasteiger partial charge is 0.506 e. The van der Waals surface area contributed by atoms with Gasteiger partial charge in [0.05, 0.1) is 37.0 Å². The molecule has 0 radical (unpaired) electrons. The molecule has 0 aliphatic carbocycles. The number of hydrogen-bond acceptors (Lipinski definition) is 6. The second-order valence-electron chi connectivity index (χ2n) is 6.77. The first kappa shape index (κ1) is 19.4. The number of nitrogens with zero attached hydrogens (tertiary/aromatic N) is 1. The molecule has 0 unspecified atom stereocenters. The Morgan fingerprint density at radius 2 is 1.60 bits per heavy atom. The van der Waals surface area contributed by atoms with Gasteiger partial charge < -0.3 is 14.6 Å². The highest BCUT2D eigenvalue weighted by molar-refractivity contribution is 6.38. The third-order valence-corrected chi connectivity index (χ3v) is 5.03. The lowest BCUT2D eigenvalue weighted by Gasteiger charge is -2.14. The number of hydrogen-bond donors (Lipinski definition) is 1. The van der Waals surface area contributed by atoms with Gasteiger partial charge in [0, 0.05) is 10.8 Å². The number of esters is 1. The molecular weight excluding hydrogens is 386 g/mol. The van der Waals surface area contributed by atoms with Gasteiger partial charge in [0.1, 0.15) is 11.5 Å². The van der Waals surface area contributed by atoms with Gasteiger partial charge in [0.15, 0.2) is 0 Å². The zero-order chi connectivity index (χ0) is 21.4. The topological polar surface area (TPSA) is 93.1 Å². The first-order valence-electron chi connectivity index (χ1n) is 9.42. The lowest BCUT2D eigenvalue weighted by atomic mass is 9.99. The van der Waals surface area contributed by atoms with Crippen LogP contribution in [0.15, 0.2) is 48.5 Å². The summed E-state index contributed by atoms with van der Waals surface area (Å²) in [5, 5.41) is 11.7. The highest BCUT2D eigenvalue weighted by atomic mass is 16.5. The summed E-state index contributed by atoms with van der Waals surface area (Å²) in [6.45, 7) is 2.03. The number of anilines is 1. The third kappa shape index (κ3) is 2.95. The summed E-state index contributed by atoms with van der Waals surface area (Å²) in [4.78, 5) is 38.9. The van der Waals surface area contributed by atoms with Crippen molar-refractivity contribution in [1.29, 1.82) is 0 Å². The third-order valence-electron chi connectivity index (χ3n) is 5.03. The van der Waals surface area contributed by atoms with E-state index in [1.165, 1.54) is 7.11 Å². The maximum Gasteiger partial charge on any atom is 0.310 e. The monoisotopic (exact) mass is 405 g/mol. The van der Waals surface area contributed by atoms with Crippen LogP contribution in [0.2, 0.25) is 0 Å². The van der Waals surface area contributed by atoms with E-state index in [0.717, 1.165) is 4.90 Å². The first-order valence-corrected chi connectivity index (χ1v) is 9.42. The van der Waals surface area contributed by atoms with Crippen molar-refractivity contribution in [2.75, 3.05) is 18.6 Å². The average molecular weight is 405 g/mol. The van der Waals surface area contributed by atoms with Gasteiger partial charge in [0.2, 0.25) is 0 Å². The van der Waals surface area contributed by atoms with Gasteiger partial charge in [-0.1, -0.05) is 36.4 Å². The van der Waals surface area contributed by atoms with Crippen LogP contribution in [-0.4, -0.2) is 36.6 Å². The molecule has 0 saturated carbocycles. The molecule has 4 rings (SSSR count). The number of amides is 2. The van der Waals surface area contributed by atoms with Gasteiger partial charge in [-0.2, -0.15) is 0 Å². The normalized spacial score (nSPS) is 12.9. The molecule has 1 aliphatic rings. The SMILES string of the molecule is CCOC(=O)Cc1ccc(N2C(=O)c3c(c(OC)c4ccccc4c3O)C2=O)cc1. The van der Waals surface area contributed by atoms with E-state index < -0.39 is 11.8 Å². The molecule has 0 aromatic heterocycles. The smallest absolute Gasteiger partial charge is 0.310 e. The lowest BCUT2D eigenvalue weighted by molar-refractivity contribution is -0.142. The number of imide groups is 1. The predicted octanol–water partition coefficient (Wildman–Crippen LogP) is 3.46. The second kappa shape index (κ2) is 7.51. The van der Waals surface area contributed by atoms with Crippen molar-refractivity contribution in [3.8, 4) is 11.5 Å². The molecule has 7 heteroatoms. The number of carbonyl (C=O) groups is 3. The summed E-state index contributed by atoms with van der Waals surface area (Å²) >= 11 is 0. The number of fused-ring (bicyclic) bond motifs is 2. The Bertz CT molecular complexity index is 1180. The Morgan fingerprint density at radius 3 is 2.23 bits per heavy atom. The highest BCUT2D eigenvalue weighted by Crippen LogP contribution is 2.45. The van der Waals surface area contributed by atoms with Crippen LogP contribution in [0.4, 0.5) is 5.69 Å². The number of benzene rings is 3. The molecule has 0 bridgehead atoms. The lowest BCUT2D eigenvalue weighted by Crippen LogP contribution is -2.29. The van der Waals surface area contributed by atoms with E-state index in [4.69, 9.17) is 9.47 Å². The minimum Gasteiger partial charge on any atom is -0.506 e. The molecule has 152 valence electrons. The molecule has 0 fully saturated rings. The van der Waals surface area contributed by atoms with Gasteiger partial charge >= 0.3 is 5.97 Å². The Labute approximate surface area is 172 Å². The van der Waals surface area contributed by atoms with Gasteiger partial charge in [0.25, 0.3) is 11.8 Å². The van der Waals surface area contributed by atoms with Gasteiger partial charge in [-0.25, -0.2) is 4.90 Å². The van der Waals surface area contributed by atoms with Crippen LogP contribution in [0.3, 0.4) is 0 Å². The van der Waals surface area contributed by atoms with Crippen molar-refractivity contribution in [3.63, 3.8) is 0 Å². The van der Waals surface area contributed by atoms with Crippen molar-refractivity contribution in [2.45, 2.75) is 13.3 Å². The minimum absolute atomic E-state index is 0.0364. The molecule has 3 aromatic carbocycles. The maximum atomic E-state index is 13.2. The van der Waals surface area contributed by atoms with E-state index in [0.29, 0.717) is 28.6 Å². The van der Waals surface area contributed by atoms with Crippen LogP contribution in [0.5, 0.6) is 11.5 Å². The van der Waals surface area contributed by atoms with E-state index >= 15 is 0 Å². The van der Waals surface area contributed by atoms with E-state index in [1.54, 1.807) is 55.5 Å². The predicted molar refractivity (Wildman–Crippen MR) is 110 cm³/mol. The molecule has 0 spiro atoms. The molecule has 0 saturated heterocycles. The van der Waals surface area contributed by atoms with Crippen LogP contribution in [0.1, 0.15) is 33.2 Å². The number of rotatable bonds is 5. The van der Waals surface area contributed by atoms with E-state index in [1.807, 2.05) is 0 Å². The summed E-state index contributed by atoms with van der Waals surface area (Å²) in [7, 11) is 1.42. The number of phenols is 1. The Balaban J connectivity index is 1.76. The van der Waals surface area contributed by atoms with E-state index in [9.17, 15) is 19.5 Å². The number of carbonyl (C=O) groups excluding carboxylic acids is 3. The quantitative estimate of drug-likeness (QED) is 0.516. The number of ether oxygens (including phenoxy) is 2. The molecule has 1 N–H and O–H groups in total. The second-order valence-corrected chi connectivity index (χ2v) is 6.77. The van der Waals surface area contributed by atoms with Gasteiger partial charge in [-0.15, -0.1) is 0 Å². The van der Waals surface area contributed by atoms with Crippen LogP contribution in [0.25, 0.3) is 10.8 Å². The molecule has 1 heterocycles.